The van der Waals surface area contributed by atoms with E-state index in [2.05, 4.69) is 5.32 Å². The molecule has 4 rings (SSSR count). The molecule has 2 fully saturated rings. The summed E-state index contributed by atoms with van der Waals surface area (Å²) in [4.78, 5) is 83.6. The Labute approximate surface area is 362 Å². The van der Waals surface area contributed by atoms with E-state index in [1.807, 2.05) is 57.2 Å². The Balaban J connectivity index is 1.35. The predicted octanol–water partition coefficient (Wildman–Crippen LogP) is 6.71. The summed E-state index contributed by atoms with van der Waals surface area (Å²) in [5.41, 5.74) is 0.798. The molecule has 0 saturated carbocycles. The number of rotatable bonds is 23. The molecule has 0 spiro atoms. The van der Waals surface area contributed by atoms with Crippen molar-refractivity contribution in [3.63, 3.8) is 0 Å². The molecular weight excluding hydrogens is 781 g/mol. The van der Waals surface area contributed by atoms with Gasteiger partial charge in [-0.3, -0.25) is 19.2 Å². The number of esters is 1. The van der Waals surface area contributed by atoms with Crippen molar-refractivity contribution in [1.82, 2.24) is 20.0 Å². The van der Waals surface area contributed by atoms with Crippen LogP contribution in [0.3, 0.4) is 0 Å². The molecule has 3 atom stereocenters. The second-order valence-corrected chi connectivity index (χ2v) is 17.1. The number of hydrogen-bond donors (Lipinski definition) is 1. The van der Waals surface area contributed by atoms with Crippen LogP contribution in [0.5, 0.6) is 17.2 Å². The van der Waals surface area contributed by atoms with Gasteiger partial charge in [-0.1, -0.05) is 52.8 Å². The number of amides is 4. The largest absolute Gasteiger partial charge is 0.493 e. The highest BCUT2D eigenvalue weighted by Crippen LogP contribution is 2.33. The number of nitrogens with zero attached hydrogens (tertiary/aromatic N) is 3. The molecule has 2 aromatic carbocycles. The summed E-state index contributed by atoms with van der Waals surface area (Å²) < 4.78 is 23.2. The van der Waals surface area contributed by atoms with Crippen LogP contribution in [0.4, 0.5) is 4.79 Å². The number of benzene rings is 2. The van der Waals surface area contributed by atoms with E-state index < -0.39 is 41.3 Å². The molecule has 2 aromatic rings. The molecule has 0 aromatic heterocycles. The lowest BCUT2D eigenvalue weighted by Gasteiger charge is -2.40. The van der Waals surface area contributed by atoms with Crippen LogP contribution >= 0.6 is 0 Å². The maximum atomic E-state index is 14.0. The smallest absolute Gasteiger partial charge is 0.329 e. The van der Waals surface area contributed by atoms with Gasteiger partial charge in [0.25, 0.3) is 5.91 Å². The molecule has 336 valence electrons. The van der Waals surface area contributed by atoms with Gasteiger partial charge in [0.15, 0.2) is 17.3 Å². The van der Waals surface area contributed by atoms with E-state index in [0.29, 0.717) is 100 Å². The van der Waals surface area contributed by atoms with E-state index in [0.717, 1.165) is 18.4 Å². The number of carbonyl (C=O) groups is 6. The fourth-order valence-corrected chi connectivity index (χ4v) is 8.01. The molecule has 61 heavy (non-hydrogen) atoms. The number of likely N-dealkylation sites (tertiary alicyclic amines) is 1. The molecular formula is C47H68N4O10. The molecule has 0 aliphatic carbocycles. The van der Waals surface area contributed by atoms with Gasteiger partial charge in [-0.05, 0) is 106 Å². The normalized spacial score (nSPS) is 16.8. The molecule has 1 N–H and O–H groups in total. The van der Waals surface area contributed by atoms with Crippen LogP contribution in [0.25, 0.3) is 0 Å². The van der Waals surface area contributed by atoms with E-state index in [1.165, 1.54) is 11.8 Å². The summed E-state index contributed by atoms with van der Waals surface area (Å²) in [6, 6.07) is 11.5. The van der Waals surface area contributed by atoms with Crippen LogP contribution < -0.4 is 19.5 Å². The van der Waals surface area contributed by atoms with Crippen molar-refractivity contribution in [3.8, 4) is 17.2 Å². The zero-order valence-corrected chi connectivity index (χ0v) is 37.6. The number of urea groups is 1. The average Bonchev–Trinajstić information content (AvgIpc) is 3.25. The monoisotopic (exact) mass is 848 g/mol. The number of aryl methyl sites for hydroxylation is 1. The van der Waals surface area contributed by atoms with Gasteiger partial charge in [0, 0.05) is 38.0 Å². The Hall–Kier alpha value is -5.14. The number of piperidine rings is 1. The van der Waals surface area contributed by atoms with Crippen molar-refractivity contribution in [2.45, 2.75) is 124 Å². The summed E-state index contributed by atoms with van der Waals surface area (Å²) >= 11 is 0. The Morgan fingerprint density at radius 2 is 1.67 bits per heavy atom. The zero-order chi connectivity index (χ0) is 44.7. The maximum Gasteiger partial charge on any atom is 0.329 e. The number of hydrogen-bond acceptors (Lipinski definition) is 10. The molecule has 2 aliphatic rings. The van der Waals surface area contributed by atoms with Crippen molar-refractivity contribution < 1.29 is 47.7 Å². The minimum Gasteiger partial charge on any atom is -0.493 e. The second-order valence-electron chi connectivity index (χ2n) is 17.1. The first-order valence-electron chi connectivity index (χ1n) is 21.9. The highest BCUT2D eigenvalue weighted by atomic mass is 16.5. The van der Waals surface area contributed by atoms with Crippen LogP contribution in [0.2, 0.25) is 0 Å². The second kappa shape index (κ2) is 23.2. The lowest BCUT2D eigenvalue weighted by atomic mass is 9.84. The van der Waals surface area contributed by atoms with Gasteiger partial charge in [0.2, 0.25) is 11.7 Å². The minimum absolute atomic E-state index is 0.00496. The Morgan fingerprint density at radius 3 is 2.36 bits per heavy atom. The van der Waals surface area contributed by atoms with Gasteiger partial charge >= 0.3 is 12.0 Å². The number of methoxy groups -OCH3 is 2. The maximum absolute atomic E-state index is 14.0. The summed E-state index contributed by atoms with van der Waals surface area (Å²) in [6.07, 6.45) is 4.94. The van der Waals surface area contributed by atoms with Crippen molar-refractivity contribution in [3.05, 3.63) is 53.6 Å². The van der Waals surface area contributed by atoms with Gasteiger partial charge in [-0.25, -0.2) is 9.59 Å². The molecule has 0 radical (unpaired) electrons. The van der Waals surface area contributed by atoms with Crippen molar-refractivity contribution in [2.24, 2.45) is 11.3 Å². The van der Waals surface area contributed by atoms with Crippen LogP contribution in [-0.4, -0.2) is 116 Å². The first kappa shape index (κ1) is 48.5. The topological polar surface area (TPSA) is 161 Å². The number of carbonyl (C=O) groups excluding carboxylic acids is 6. The number of ether oxygens (including phenoxy) is 4. The highest BCUT2D eigenvalue weighted by molar-refractivity contribution is 6.38. The summed E-state index contributed by atoms with van der Waals surface area (Å²) in [5, 5.41) is 2.90. The molecule has 4 amide bonds. The van der Waals surface area contributed by atoms with Gasteiger partial charge in [0.1, 0.15) is 24.5 Å². The Morgan fingerprint density at radius 1 is 0.918 bits per heavy atom. The van der Waals surface area contributed by atoms with Crippen LogP contribution in [0.1, 0.15) is 117 Å². The summed E-state index contributed by atoms with van der Waals surface area (Å²) in [6.45, 7) is 13.3. The third-order valence-electron chi connectivity index (χ3n) is 11.9. The highest BCUT2D eigenvalue weighted by Gasteiger charge is 2.41. The molecule has 2 aliphatic heterocycles. The molecule has 2 saturated heterocycles. The van der Waals surface area contributed by atoms with Crippen LogP contribution in [-0.2, 0) is 35.1 Å². The molecule has 0 bridgehead atoms. The number of ketones is 2. The average molecular weight is 849 g/mol. The number of nitrogens with one attached hydrogen (secondary N) is 1. The Bertz CT molecular complexity index is 1830. The lowest BCUT2D eigenvalue weighted by molar-refractivity contribution is -0.164. The van der Waals surface area contributed by atoms with Gasteiger partial charge < -0.3 is 39.0 Å². The quantitative estimate of drug-likeness (QED) is 0.0723. The molecule has 2 heterocycles. The van der Waals surface area contributed by atoms with Crippen molar-refractivity contribution in [1.29, 1.82) is 0 Å². The van der Waals surface area contributed by atoms with E-state index >= 15 is 0 Å². The van der Waals surface area contributed by atoms with E-state index in [1.54, 1.807) is 43.9 Å². The van der Waals surface area contributed by atoms with Gasteiger partial charge in [0.05, 0.1) is 26.8 Å². The van der Waals surface area contributed by atoms with E-state index in [9.17, 15) is 28.8 Å². The fraction of sp³-hybridized carbons (Fsp3) is 0.617. The zero-order valence-electron chi connectivity index (χ0n) is 37.6. The van der Waals surface area contributed by atoms with Crippen LogP contribution in [0.15, 0.2) is 42.5 Å². The summed E-state index contributed by atoms with van der Waals surface area (Å²) in [7, 11) is 3.15. The first-order valence-corrected chi connectivity index (χ1v) is 21.9. The summed E-state index contributed by atoms with van der Waals surface area (Å²) in [5.74, 6) is -0.0785. The minimum atomic E-state index is -0.877. The van der Waals surface area contributed by atoms with Crippen LogP contribution in [0, 0.1) is 11.3 Å². The van der Waals surface area contributed by atoms with Gasteiger partial charge in [-0.2, -0.15) is 0 Å². The number of unbranched alkanes of at least 4 members (excludes halogenated alkanes) is 1. The van der Waals surface area contributed by atoms with E-state index in [-0.39, 0.29) is 36.8 Å². The third-order valence-corrected chi connectivity index (χ3v) is 11.9. The Kier molecular flexibility index (Phi) is 18.4. The number of Topliss-reactive ketones (excluding diaryl/α,β-unsaturated/α-hetero) is 2. The molecule has 0 unspecified atom stereocenters. The molecule has 14 heteroatoms. The first-order chi connectivity index (χ1) is 29.1. The predicted molar refractivity (Wildman–Crippen MR) is 232 cm³/mol. The third kappa shape index (κ3) is 13.4. The standard InChI is InChI=1S/C47H68N4O10/c1-9-47(5,6)43(54)44(55)50-27-13-10-18-37(50)45(56)61-38(22-20-34-21-23-39(58-7)40(30-34)59-8)35-16-14-17-36(31-35)60-29-24-48-41(53)19-11-12-25-49-26-15-28-51(46(49)57)42(32(2)3)33(4)52/h14,16-17,21,23,30-32,37-38,42H,9-13,15,18-20,22,24-29H2,1-8H3,(H,48,53)/t37-,38+,42-/m0/s1. The van der Waals surface area contributed by atoms with Gasteiger partial charge in [-0.15, -0.1) is 0 Å². The SMILES string of the molecule is CCC(C)(C)C(=O)C(=O)N1CCCC[C@H]1C(=O)O[C@H](CCc1ccc(OC)c(OC)c1)c1cccc(OCCNC(=O)CCCCN2CCCN([C@H](C(C)=O)C(C)C)C2=O)c1. The fourth-order valence-electron chi connectivity index (χ4n) is 8.01. The lowest BCUT2D eigenvalue weighted by Crippen LogP contribution is -2.56. The van der Waals surface area contributed by atoms with Crippen molar-refractivity contribution in [2.75, 3.05) is 53.6 Å². The van der Waals surface area contributed by atoms with E-state index in [4.69, 9.17) is 18.9 Å². The molecule has 14 nitrogen and oxygen atoms in total. The van der Waals surface area contributed by atoms with Crippen molar-refractivity contribution >= 4 is 35.4 Å².